The maximum atomic E-state index is 10.6. The van der Waals surface area contributed by atoms with Crippen LogP contribution in [-0.2, 0) is 11.2 Å². The summed E-state index contributed by atoms with van der Waals surface area (Å²) in [5.74, 6) is -0.593. The second-order valence-corrected chi connectivity index (χ2v) is 3.89. The molecular formula is C12H17NO5. The lowest BCUT2D eigenvalue weighted by Crippen LogP contribution is -2.27. The van der Waals surface area contributed by atoms with Crippen LogP contribution in [0, 0.1) is 0 Å². The Balaban J connectivity index is 3.09. The van der Waals surface area contributed by atoms with Gasteiger partial charge in [0.1, 0.15) is 11.9 Å². The Labute approximate surface area is 105 Å². The average Bonchev–Trinajstić information content (AvgIpc) is 2.36. The third-order valence-electron chi connectivity index (χ3n) is 2.57. The molecule has 0 heterocycles. The number of benzene rings is 1. The molecule has 1 rings (SSSR count). The Morgan fingerprint density at radius 3 is 2.61 bits per heavy atom. The van der Waals surface area contributed by atoms with E-state index < -0.39 is 18.2 Å². The minimum atomic E-state index is -1.21. The number of hydrogen-bond acceptors (Lipinski definition) is 5. The van der Waals surface area contributed by atoms with Crippen molar-refractivity contribution in [2.24, 2.45) is 5.73 Å². The number of methoxy groups -OCH3 is 1. The highest BCUT2D eigenvalue weighted by molar-refractivity contribution is 5.70. The zero-order valence-corrected chi connectivity index (χ0v) is 10.0. The number of carbonyl (C=O) groups is 1. The van der Waals surface area contributed by atoms with Gasteiger partial charge >= 0.3 is 5.97 Å². The largest absolute Gasteiger partial charge is 0.496 e. The molecule has 0 spiro atoms. The highest BCUT2D eigenvalue weighted by Gasteiger charge is 2.21. The number of nitrogens with two attached hydrogens (primary N) is 1. The van der Waals surface area contributed by atoms with Gasteiger partial charge in [0.2, 0.25) is 0 Å². The van der Waals surface area contributed by atoms with Gasteiger partial charge in [0.05, 0.1) is 19.6 Å². The summed E-state index contributed by atoms with van der Waals surface area (Å²) in [5.41, 5.74) is 6.12. The number of rotatable bonds is 6. The molecule has 1 aromatic carbocycles. The van der Waals surface area contributed by atoms with Gasteiger partial charge < -0.3 is 25.8 Å². The smallest absolute Gasteiger partial charge is 0.307 e. The Bertz CT molecular complexity index is 421. The molecule has 1 aromatic rings. The minimum Gasteiger partial charge on any atom is -0.496 e. The molecule has 0 radical (unpaired) electrons. The summed E-state index contributed by atoms with van der Waals surface area (Å²) in [7, 11) is 1.43. The fraction of sp³-hybridized carbons (Fsp3) is 0.417. The van der Waals surface area contributed by atoms with E-state index in [-0.39, 0.29) is 13.0 Å². The maximum Gasteiger partial charge on any atom is 0.307 e. The third-order valence-corrected chi connectivity index (χ3v) is 2.57. The molecule has 0 aliphatic rings. The van der Waals surface area contributed by atoms with E-state index in [1.807, 2.05) is 0 Å². The van der Waals surface area contributed by atoms with Crippen LogP contribution in [0.2, 0.25) is 0 Å². The Morgan fingerprint density at radius 2 is 2.11 bits per heavy atom. The first-order valence-electron chi connectivity index (χ1n) is 5.44. The molecule has 0 saturated heterocycles. The molecule has 6 heteroatoms. The van der Waals surface area contributed by atoms with E-state index in [1.54, 1.807) is 12.1 Å². The summed E-state index contributed by atoms with van der Waals surface area (Å²) in [4.78, 5) is 10.6. The van der Waals surface area contributed by atoms with E-state index in [1.165, 1.54) is 13.2 Å². The SMILES string of the molecule is COc1ccc(CC(=O)O)cc1C(O)C(O)CN. The van der Waals surface area contributed by atoms with E-state index in [0.29, 0.717) is 16.9 Å². The van der Waals surface area contributed by atoms with Crippen LogP contribution in [0.15, 0.2) is 18.2 Å². The molecule has 100 valence electrons. The third kappa shape index (κ3) is 3.43. The zero-order chi connectivity index (χ0) is 13.7. The van der Waals surface area contributed by atoms with Crippen molar-refractivity contribution in [2.45, 2.75) is 18.6 Å². The summed E-state index contributed by atoms with van der Waals surface area (Å²) in [6.07, 6.45) is -2.50. The highest BCUT2D eigenvalue weighted by Crippen LogP contribution is 2.28. The van der Waals surface area contributed by atoms with Gasteiger partial charge in [-0.05, 0) is 17.7 Å². The number of ether oxygens (including phenoxy) is 1. The van der Waals surface area contributed by atoms with Crippen molar-refractivity contribution in [1.82, 2.24) is 0 Å². The topological polar surface area (TPSA) is 113 Å². The van der Waals surface area contributed by atoms with Gasteiger partial charge in [0, 0.05) is 12.1 Å². The normalized spacial score (nSPS) is 14.0. The van der Waals surface area contributed by atoms with Crippen LogP contribution in [0.5, 0.6) is 5.75 Å². The van der Waals surface area contributed by atoms with Crippen molar-refractivity contribution >= 4 is 5.97 Å². The van der Waals surface area contributed by atoms with Gasteiger partial charge in [0.15, 0.2) is 0 Å². The molecule has 0 aliphatic heterocycles. The molecular weight excluding hydrogens is 238 g/mol. The highest BCUT2D eigenvalue weighted by atomic mass is 16.5. The van der Waals surface area contributed by atoms with E-state index in [9.17, 15) is 15.0 Å². The minimum absolute atomic E-state index is 0.104. The lowest BCUT2D eigenvalue weighted by molar-refractivity contribution is -0.136. The summed E-state index contributed by atoms with van der Waals surface area (Å²) in [6, 6.07) is 4.65. The monoisotopic (exact) mass is 255 g/mol. The number of aliphatic hydroxyl groups excluding tert-OH is 2. The van der Waals surface area contributed by atoms with Crippen molar-refractivity contribution in [2.75, 3.05) is 13.7 Å². The van der Waals surface area contributed by atoms with Gasteiger partial charge in [-0.25, -0.2) is 0 Å². The molecule has 0 amide bonds. The van der Waals surface area contributed by atoms with Crippen LogP contribution in [0.3, 0.4) is 0 Å². The molecule has 2 unspecified atom stereocenters. The van der Waals surface area contributed by atoms with Crippen LogP contribution < -0.4 is 10.5 Å². The lowest BCUT2D eigenvalue weighted by Gasteiger charge is -2.19. The summed E-state index contributed by atoms with van der Waals surface area (Å²) < 4.78 is 5.06. The number of carboxylic acid groups (broad SMARTS) is 1. The van der Waals surface area contributed by atoms with E-state index in [2.05, 4.69) is 0 Å². The van der Waals surface area contributed by atoms with Gasteiger partial charge in [-0.1, -0.05) is 6.07 Å². The van der Waals surface area contributed by atoms with Crippen molar-refractivity contribution < 1.29 is 24.9 Å². The first kappa shape index (κ1) is 14.4. The van der Waals surface area contributed by atoms with E-state index in [4.69, 9.17) is 15.6 Å². The van der Waals surface area contributed by atoms with Gasteiger partial charge in [-0.15, -0.1) is 0 Å². The van der Waals surface area contributed by atoms with Crippen LogP contribution in [0.4, 0.5) is 0 Å². The molecule has 0 bridgehead atoms. The fourth-order valence-electron chi connectivity index (χ4n) is 1.64. The summed E-state index contributed by atoms with van der Waals surface area (Å²) in [5, 5.41) is 28.1. The quantitative estimate of drug-likeness (QED) is 0.554. The molecule has 0 fully saturated rings. The fourth-order valence-corrected chi connectivity index (χ4v) is 1.64. The van der Waals surface area contributed by atoms with Gasteiger partial charge in [-0.2, -0.15) is 0 Å². The van der Waals surface area contributed by atoms with Crippen LogP contribution in [-0.4, -0.2) is 41.0 Å². The number of carboxylic acids is 1. The van der Waals surface area contributed by atoms with Gasteiger partial charge in [0.25, 0.3) is 0 Å². The second kappa shape index (κ2) is 6.34. The average molecular weight is 255 g/mol. The van der Waals surface area contributed by atoms with E-state index >= 15 is 0 Å². The van der Waals surface area contributed by atoms with Crippen LogP contribution >= 0.6 is 0 Å². The summed E-state index contributed by atoms with van der Waals surface area (Å²) >= 11 is 0. The van der Waals surface area contributed by atoms with Crippen molar-refractivity contribution in [3.8, 4) is 5.75 Å². The standard InChI is InChI=1S/C12H17NO5/c1-18-10-3-2-7(5-11(15)16)4-8(10)12(17)9(14)6-13/h2-4,9,12,14,17H,5-6,13H2,1H3,(H,15,16). The molecule has 0 aromatic heterocycles. The molecule has 0 saturated carbocycles. The number of aliphatic carboxylic acids is 1. The first-order valence-corrected chi connectivity index (χ1v) is 5.44. The first-order chi connectivity index (χ1) is 8.49. The molecule has 6 nitrogen and oxygen atoms in total. The second-order valence-electron chi connectivity index (χ2n) is 3.89. The van der Waals surface area contributed by atoms with Crippen molar-refractivity contribution in [3.63, 3.8) is 0 Å². The predicted molar refractivity (Wildman–Crippen MR) is 64.4 cm³/mol. The molecule has 18 heavy (non-hydrogen) atoms. The molecule has 5 N–H and O–H groups in total. The Hall–Kier alpha value is -1.63. The number of hydrogen-bond donors (Lipinski definition) is 4. The predicted octanol–water partition coefficient (Wildman–Crippen LogP) is -0.325. The Morgan fingerprint density at radius 1 is 1.44 bits per heavy atom. The van der Waals surface area contributed by atoms with Gasteiger partial charge in [-0.3, -0.25) is 4.79 Å². The number of aliphatic hydroxyl groups is 2. The lowest BCUT2D eigenvalue weighted by atomic mass is 9.99. The zero-order valence-electron chi connectivity index (χ0n) is 10.0. The van der Waals surface area contributed by atoms with Crippen LogP contribution in [0.25, 0.3) is 0 Å². The molecule has 0 aliphatic carbocycles. The molecule has 2 atom stereocenters. The van der Waals surface area contributed by atoms with Crippen molar-refractivity contribution in [3.05, 3.63) is 29.3 Å². The maximum absolute atomic E-state index is 10.6. The Kier molecular flexibility index (Phi) is 5.08. The summed E-state index contributed by atoms with van der Waals surface area (Å²) in [6.45, 7) is -0.104. The van der Waals surface area contributed by atoms with E-state index in [0.717, 1.165) is 0 Å². The van der Waals surface area contributed by atoms with Crippen LogP contribution in [0.1, 0.15) is 17.2 Å². The van der Waals surface area contributed by atoms with Crippen molar-refractivity contribution in [1.29, 1.82) is 0 Å².